The van der Waals surface area contributed by atoms with E-state index < -0.39 is 6.09 Å². The van der Waals surface area contributed by atoms with Crippen LogP contribution in [0.4, 0.5) is 4.79 Å². The minimum absolute atomic E-state index is 0.134. The standard InChI is InChI=1S/C8H14N2O3/c1-7-6-10(8(12)13)3-2-9(7)4-5-11/h5,7H,2-4,6H2,1H3,(H,12,13)/t7-/m1/s1. The summed E-state index contributed by atoms with van der Waals surface area (Å²) in [6.45, 7) is 3.95. The van der Waals surface area contributed by atoms with E-state index in [2.05, 4.69) is 0 Å². The molecule has 1 amide bonds. The van der Waals surface area contributed by atoms with Crippen LogP contribution in [0, 0.1) is 0 Å². The average Bonchev–Trinajstić information content (AvgIpc) is 2.08. The lowest BCUT2D eigenvalue weighted by Crippen LogP contribution is -2.53. The molecule has 1 atom stereocenters. The molecule has 0 radical (unpaired) electrons. The van der Waals surface area contributed by atoms with Crippen LogP contribution in [-0.2, 0) is 4.79 Å². The van der Waals surface area contributed by atoms with Crippen molar-refractivity contribution in [2.75, 3.05) is 26.2 Å². The van der Waals surface area contributed by atoms with E-state index in [9.17, 15) is 9.59 Å². The number of nitrogens with zero attached hydrogens (tertiary/aromatic N) is 2. The van der Waals surface area contributed by atoms with Gasteiger partial charge in [0.1, 0.15) is 6.29 Å². The van der Waals surface area contributed by atoms with Crippen molar-refractivity contribution >= 4 is 12.4 Å². The topological polar surface area (TPSA) is 60.9 Å². The second-order valence-corrected chi connectivity index (χ2v) is 3.24. The van der Waals surface area contributed by atoms with Crippen LogP contribution in [-0.4, -0.2) is 59.5 Å². The normalized spacial score (nSPS) is 24.4. The van der Waals surface area contributed by atoms with Crippen LogP contribution in [0.15, 0.2) is 0 Å². The van der Waals surface area contributed by atoms with Gasteiger partial charge in [-0.25, -0.2) is 4.79 Å². The Kier molecular flexibility index (Phi) is 3.25. The van der Waals surface area contributed by atoms with Gasteiger partial charge in [-0.2, -0.15) is 0 Å². The number of aldehydes is 1. The molecule has 13 heavy (non-hydrogen) atoms. The molecule has 0 spiro atoms. The Morgan fingerprint density at radius 2 is 2.31 bits per heavy atom. The summed E-state index contributed by atoms with van der Waals surface area (Å²) in [4.78, 5) is 24.2. The summed E-state index contributed by atoms with van der Waals surface area (Å²) in [5.74, 6) is 0. The number of carboxylic acid groups (broad SMARTS) is 1. The Labute approximate surface area is 76.9 Å². The summed E-state index contributed by atoms with van der Waals surface area (Å²) in [7, 11) is 0. The molecule has 1 saturated heterocycles. The lowest BCUT2D eigenvalue weighted by atomic mass is 10.2. The lowest BCUT2D eigenvalue weighted by Gasteiger charge is -2.37. The minimum atomic E-state index is -0.877. The molecule has 5 heteroatoms. The van der Waals surface area contributed by atoms with E-state index >= 15 is 0 Å². The molecular formula is C8H14N2O3. The van der Waals surface area contributed by atoms with E-state index in [4.69, 9.17) is 5.11 Å². The molecule has 1 aliphatic heterocycles. The van der Waals surface area contributed by atoms with E-state index in [0.29, 0.717) is 26.2 Å². The number of hydrogen-bond donors (Lipinski definition) is 1. The van der Waals surface area contributed by atoms with E-state index in [-0.39, 0.29) is 6.04 Å². The molecule has 0 aromatic carbocycles. The van der Waals surface area contributed by atoms with Crippen molar-refractivity contribution < 1.29 is 14.7 Å². The van der Waals surface area contributed by atoms with Gasteiger partial charge in [0.15, 0.2) is 0 Å². The van der Waals surface area contributed by atoms with Crippen LogP contribution < -0.4 is 0 Å². The fraction of sp³-hybridized carbons (Fsp3) is 0.750. The van der Waals surface area contributed by atoms with Crippen LogP contribution in [0.2, 0.25) is 0 Å². The van der Waals surface area contributed by atoms with Crippen LogP contribution in [0.3, 0.4) is 0 Å². The van der Waals surface area contributed by atoms with Gasteiger partial charge in [0, 0.05) is 25.7 Å². The predicted molar refractivity (Wildman–Crippen MR) is 46.7 cm³/mol. The number of piperazine rings is 1. The van der Waals surface area contributed by atoms with Crippen LogP contribution in [0.1, 0.15) is 6.92 Å². The second kappa shape index (κ2) is 4.23. The summed E-state index contributed by atoms with van der Waals surface area (Å²) >= 11 is 0. The lowest BCUT2D eigenvalue weighted by molar-refractivity contribution is -0.109. The summed E-state index contributed by atoms with van der Waals surface area (Å²) in [6, 6.07) is 0.134. The summed E-state index contributed by atoms with van der Waals surface area (Å²) < 4.78 is 0. The summed E-state index contributed by atoms with van der Waals surface area (Å²) in [5, 5.41) is 8.71. The van der Waals surface area contributed by atoms with Gasteiger partial charge >= 0.3 is 6.09 Å². The number of carbonyl (C=O) groups excluding carboxylic acids is 1. The van der Waals surface area contributed by atoms with Crippen molar-refractivity contribution in [2.45, 2.75) is 13.0 Å². The largest absolute Gasteiger partial charge is 0.465 e. The summed E-state index contributed by atoms with van der Waals surface area (Å²) in [5.41, 5.74) is 0. The van der Waals surface area contributed by atoms with Crippen molar-refractivity contribution in [1.29, 1.82) is 0 Å². The third kappa shape index (κ3) is 2.42. The Morgan fingerprint density at radius 3 is 2.77 bits per heavy atom. The van der Waals surface area contributed by atoms with Gasteiger partial charge < -0.3 is 14.8 Å². The highest BCUT2D eigenvalue weighted by Gasteiger charge is 2.25. The monoisotopic (exact) mass is 186 g/mol. The van der Waals surface area contributed by atoms with Gasteiger partial charge in [-0.1, -0.05) is 0 Å². The maximum Gasteiger partial charge on any atom is 0.407 e. The van der Waals surface area contributed by atoms with Gasteiger partial charge in [-0.15, -0.1) is 0 Å². The molecule has 5 nitrogen and oxygen atoms in total. The van der Waals surface area contributed by atoms with Gasteiger partial charge in [0.05, 0.1) is 6.54 Å². The molecule has 0 aliphatic carbocycles. The van der Waals surface area contributed by atoms with Gasteiger partial charge in [-0.3, -0.25) is 4.90 Å². The molecule has 1 fully saturated rings. The minimum Gasteiger partial charge on any atom is -0.465 e. The van der Waals surface area contributed by atoms with Crippen LogP contribution in [0.5, 0.6) is 0 Å². The van der Waals surface area contributed by atoms with E-state index in [1.54, 1.807) is 0 Å². The molecule has 1 rings (SSSR count). The van der Waals surface area contributed by atoms with Gasteiger partial charge in [0.2, 0.25) is 0 Å². The molecule has 1 heterocycles. The maximum atomic E-state index is 10.6. The fourth-order valence-corrected chi connectivity index (χ4v) is 1.54. The van der Waals surface area contributed by atoms with Gasteiger partial charge in [0.25, 0.3) is 0 Å². The number of carbonyl (C=O) groups is 2. The quantitative estimate of drug-likeness (QED) is 0.610. The molecule has 1 aliphatic rings. The van der Waals surface area contributed by atoms with E-state index in [0.717, 1.165) is 6.29 Å². The zero-order valence-corrected chi connectivity index (χ0v) is 7.64. The third-order valence-electron chi connectivity index (χ3n) is 2.34. The Morgan fingerprint density at radius 1 is 1.62 bits per heavy atom. The highest BCUT2D eigenvalue weighted by atomic mass is 16.4. The maximum absolute atomic E-state index is 10.6. The first kappa shape index (κ1) is 9.98. The fourth-order valence-electron chi connectivity index (χ4n) is 1.54. The molecule has 0 unspecified atom stereocenters. The Bertz CT molecular complexity index is 208. The van der Waals surface area contributed by atoms with Crippen molar-refractivity contribution in [2.24, 2.45) is 0 Å². The SMILES string of the molecule is C[C@@H]1CN(C(=O)O)CCN1CC=O. The Hall–Kier alpha value is -1.10. The van der Waals surface area contributed by atoms with E-state index in [1.165, 1.54) is 4.90 Å². The molecule has 74 valence electrons. The van der Waals surface area contributed by atoms with Crippen LogP contribution >= 0.6 is 0 Å². The van der Waals surface area contributed by atoms with E-state index in [1.807, 2.05) is 11.8 Å². The smallest absolute Gasteiger partial charge is 0.407 e. The van der Waals surface area contributed by atoms with Crippen molar-refractivity contribution in [3.63, 3.8) is 0 Å². The predicted octanol–water partition coefficient (Wildman–Crippen LogP) is -0.131. The van der Waals surface area contributed by atoms with Crippen molar-refractivity contribution in [3.8, 4) is 0 Å². The number of amides is 1. The molecule has 0 bridgehead atoms. The first-order valence-electron chi connectivity index (χ1n) is 4.30. The average molecular weight is 186 g/mol. The highest BCUT2D eigenvalue weighted by Crippen LogP contribution is 2.08. The molecule has 0 aromatic rings. The second-order valence-electron chi connectivity index (χ2n) is 3.24. The van der Waals surface area contributed by atoms with Crippen LogP contribution in [0.25, 0.3) is 0 Å². The molecule has 0 saturated carbocycles. The first-order valence-corrected chi connectivity index (χ1v) is 4.30. The number of hydrogen-bond acceptors (Lipinski definition) is 3. The zero-order chi connectivity index (χ0) is 9.84. The van der Waals surface area contributed by atoms with Gasteiger partial charge in [-0.05, 0) is 6.92 Å². The number of rotatable bonds is 2. The van der Waals surface area contributed by atoms with Crippen molar-refractivity contribution in [1.82, 2.24) is 9.80 Å². The molecular weight excluding hydrogens is 172 g/mol. The Balaban J connectivity index is 2.46. The third-order valence-corrected chi connectivity index (χ3v) is 2.34. The molecule has 0 aromatic heterocycles. The highest BCUT2D eigenvalue weighted by molar-refractivity contribution is 5.65. The summed E-state index contributed by atoms with van der Waals surface area (Å²) in [6.07, 6.45) is -0.0231. The zero-order valence-electron chi connectivity index (χ0n) is 7.64. The first-order chi connectivity index (χ1) is 6.15. The molecule has 1 N–H and O–H groups in total. The van der Waals surface area contributed by atoms with Crippen molar-refractivity contribution in [3.05, 3.63) is 0 Å².